The monoisotopic (exact) mass is 204 g/mol. The normalized spacial score (nSPS) is 25.5. The van der Waals surface area contributed by atoms with E-state index in [9.17, 15) is 8.42 Å². The molecule has 0 amide bonds. The van der Waals surface area contributed by atoms with E-state index in [-0.39, 0.29) is 5.92 Å². The minimum atomic E-state index is -2.75. The zero-order valence-electron chi connectivity index (χ0n) is 8.12. The number of hydrogen-bond donors (Lipinski definition) is 0. The molecule has 1 saturated heterocycles. The molecule has 0 aromatic heterocycles. The van der Waals surface area contributed by atoms with Crippen molar-refractivity contribution < 1.29 is 13.2 Å². The molecule has 1 aliphatic rings. The third-order valence-electron chi connectivity index (χ3n) is 1.98. The summed E-state index contributed by atoms with van der Waals surface area (Å²) in [6.07, 6.45) is 2.43. The van der Waals surface area contributed by atoms with Crippen molar-refractivity contribution in [2.75, 3.05) is 18.1 Å². The highest BCUT2D eigenvalue weighted by molar-refractivity contribution is 7.91. The lowest BCUT2D eigenvalue weighted by Gasteiger charge is -2.06. The largest absolute Gasteiger partial charge is 0.501 e. The molecule has 1 fully saturated rings. The summed E-state index contributed by atoms with van der Waals surface area (Å²) >= 11 is 0. The van der Waals surface area contributed by atoms with Crippen molar-refractivity contribution in [3.63, 3.8) is 0 Å². The summed E-state index contributed by atoms with van der Waals surface area (Å²) in [4.78, 5) is 0. The Morgan fingerprint density at radius 3 is 2.69 bits per heavy atom. The molecule has 0 bridgehead atoms. The first-order valence-electron chi connectivity index (χ1n) is 4.45. The van der Waals surface area contributed by atoms with Crippen LogP contribution in [0.5, 0.6) is 0 Å². The minimum Gasteiger partial charge on any atom is -0.501 e. The van der Waals surface area contributed by atoms with Crippen molar-refractivity contribution in [1.29, 1.82) is 0 Å². The molecule has 1 atom stereocenters. The van der Waals surface area contributed by atoms with Crippen LogP contribution < -0.4 is 0 Å². The molecule has 0 spiro atoms. The lowest BCUT2D eigenvalue weighted by Crippen LogP contribution is -2.09. The van der Waals surface area contributed by atoms with Crippen LogP contribution in [-0.2, 0) is 14.6 Å². The van der Waals surface area contributed by atoms with Crippen LogP contribution in [0, 0.1) is 5.92 Å². The van der Waals surface area contributed by atoms with Crippen LogP contribution in [0.15, 0.2) is 11.8 Å². The predicted molar refractivity (Wildman–Crippen MR) is 52.1 cm³/mol. The Labute approximate surface area is 79.7 Å². The Balaban J connectivity index is 2.30. The van der Waals surface area contributed by atoms with Crippen molar-refractivity contribution in [1.82, 2.24) is 0 Å². The molecule has 1 heterocycles. The van der Waals surface area contributed by atoms with Gasteiger partial charge in [-0.3, -0.25) is 0 Å². The van der Waals surface area contributed by atoms with Crippen LogP contribution in [-0.4, -0.2) is 26.5 Å². The van der Waals surface area contributed by atoms with E-state index in [0.717, 1.165) is 12.0 Å². The van der Waals surface area contributed by atoms with E-state index < -0.39 is 9.84 Å². The number of hydrogen-bond acceptors (Lipinski definition) is 3. The molecule has 1 rings (SSSR count). The molecule has 4 heteroatoms. The van der Waals surface area contributed by atoms with E-state index in [4.69, 9.17) is 4.74 Å². The Hall–Kier alpha value is -0.510. The molecular weight excluding hydrogens is 188 g/mol. The van der Waals surface area contributed by atoms with Crippen molar-refractivity contribution in [2.24, 2.45) is 5.92 Å². The second kappa shape index (κ2) is 4.13. The highest BCUT2D eigenvalue weighted by atomic mass is 32.2. The first-order chi connectivity index (χ1) is 5.99. The molecule has 0 N–H and O–H groups in total. The van der Waals surface area contributed by atoms with Gasteiger partial charge in [-0.05, 0) is 25.8 Å². The van der Waals surface area contributed by atoms with Crippen LogP contribution >= 0.6 is 0 Å². The van der Waals surface area contributed by atoms with Gasteiger partial charge in [0.15, 0.2) is 9.84 Å². The zero-order chi connectivity index (χ0) is 9.90. The SMILES string of the molecule is CC(C)=COCC1CCS(=O)(=O)C1. The van der Waals surface area contributed by atoms with Gasteiger partial charge in [0.05, 0.1) is 24.4 Å². The van der Waals surface area contributed by atoms with Crippen LogP contribution in [0.2, 0.25) is 0 Å². The molecule has 0 aromatic rings. The van der Waals surface area contributed by atoms with E-state index in [0.29, 0.717) is 18.1 Å². The van der Waals surface area contributed by atoms with Gasteiger partial charge in [-0.15, -0.1) is 0 Å². The van der Waals surface area contributed by atoms with Gasteiger partial charge in [0.1, 0.15) is 0 Å². The van der Waals surface area contributed by atoms with E-state index in [1.807, 2.05) is 13.8 Å². The maximum Gasteiger partial charge on any atom is 0.150 e. The van der Waals surface area contributed by atoms with Crippen molar-refractivity contribution in [3.05, 3.63) is 11.8 Å². The molecule has 0 aliphatic carbocycles. The first kappa shape index (κ1) is 10.6. The smallest absolute Gasteiger partial charge is 0.150 e. The Morgan fingerprint density at radius 1 is 1.54 bits per heavy atom. The molecule has 0 radical (unpaired) electrons. The van der Waals surface area contributed by atoms with Crippen molar-refractivity contribution in [3.8, 4) is 0 Å². The Kier molecular flexibility index (Phi) is 3.36. The molecule has 1 unspecified atom stereocenters. The van der Waals surface area contributed by atoms with Crippen molar-refractivity contribution >= 4 is 9.84 Å². The molecule has 76 valence electrons. The van der Waals surface area contributed by atoms with Crippen molar-refractivity contribution in [2.45, 2.75) is 20.3 Å². The summed E-state index contributed by atoms with van der Waals surface area (Å²) in [5.74, 6) is 0.819. The van der Waals surface area contributed by atoms with Gasteiger partial charge in [-0.2, -0.15) is 0 Å². The summed E-state index contributed by atoms with van der Waals surface area (Å²) in [5, 5.41) is 0. The average molecular weight is 204 g/mol. The third kappa shape index (κ3) is 3.81. The summed E-state index contributed by atoms with van der Waals surface area (Å²) in [6.45, 7) is 4.43. The topological polar surface area (TPSA) is 43.4 Å². The van der Waals surface area contributed by atoms with Gasteiger partial charge in [-0.1, -0.05) is 0 Å². The fraction of sp³-hybridized carbons (Fsp3) is 0.778. The number of ether oxygens (including phenoxy) is 1. The van der Waals surface area contributed by atoms with E-state index in [1.54, 1.807) is 6.26 Å². The molecule has 0 saturated carbocycles. The first-order valence-corrected chi connectivity index (χ1v) is 6.27. The third-order valence-corrected chi connectivity index (χ3v) is 3.81. The number of sulfone groups is 1. The molecule has 3 nitrogen and oxygen atoms in total. The van der Waals surface area contributed by atoms with Crippen LogP contribution in [0.25, 0.3) is 0 Å². The minimum absolute atomic E-state index is 0.195. The van der Waals surface area contributed by atoms with Gasteiger partial charge in [-0.25, -0.2) is 8.42 Å². The standard InChI is InChI=1S/C9H16O3S/c1-8(2)5-12-6-9-3-4-13(10,11)7-9/h5,9H,3-4,6-7H2,1-2H3. The maximum atomic E-state index is 11.1. The number of rotatable bonds is 3. The van der Waals surface area contributed by atoms with Crippen LogP contribution in [0.1, 0.15) is 20.3 Å². The predicted octanol–water partition coefficient (Wildman–Crippen LogP) is 1.36. The van der Waals surface area contributed by atoms with Gasteiger partial charge < -0.3 is 4.74 Å². The fourth-order valence-corrected chi connectivity index (χ4v) is 3.19. The van der Waals surface area contributed by atoms with E-state index in [1.165, 1.54) is 0 Å². The Bertz CT molecular complexity index is 286. The van der Waals surface area contributed by atoms with Crippen LogP contribution in [0.4, 0.5) is 0 Å². The second-order valence-electron chi connectivity index (χ2n) is 3.80. The van der Waals surface area contributed by atoms with Crippen LogP contribution in [0.3, 0.4) is 0 Å². The summed E-state index contributed by atoms with van der Waals surface area (Å²) < 4.78 is 27.4. The zero-order valence-corrected chi connectivity index (χ0v) is 8.93. The molecule has 0 aromatic carbocycles. The lowest BCUT2D eigenvalue weighted by atomic mass is 10.1. The van der Waals surface area contributed by atoms with E-state index in [2.05, 4.69) is 0 Å². The average Bonchev–Trinajstić information content (AvgIpc) is 2.29. The lowest BCUT2D eigenvalue weighted by molar-refractivity contribution is 0.203. The van der Waals surface area contributed by atoms with Gasteiger partial charge in [0.2, 0.25) is 0 Å². The quantitative estimate of drug-likeness (QED) is 0.652. The summed E-state index contributed by atoms with van der Waals surface area (Å²) in [7, 11) is -2.75. The molecular formula is C9H16O3S. The number of allylic oxidation sites excluding steroid dienone is 1. The fourth-order valence-electron chi connectivity index (χ4n) is 1.35. The Morgan fingerprint density at radius 2 is 2.23 bits per heavy atom. The molecule has 1 aliphatic heterocycles. The molecule has 13 heavy (non-hydrogen) atoms. The highest BCUT2D eigenvalue weighted by Crippen LogP contribution is 2.18. The summed E-state index contributed by atoms with van der Waals surface area (Å²) in [5.41, 5.74) is 1.10. The van der Waals surface area contributed by atoms with E-state index >= 15 is 0 Å². The van der Waals surface area contributed by atoms with Gasteiger partial charge >= 0.3 is 0 Å². The summed E-state index contributed by atoms with van der Waals surface area (Å²) in [6, 6.07) is 0. The van der Waals surface area contributed by atoms with Gasteiger partial charge in [0.25, 0.3) is 0 Å². The highest BCUT2D eigenvalue weighted by Gasteiger charge is 2.27. The second-order valence-corrected chi connectivity index (χ2v) is 6.03. The maximum absolute atomic E-state index is 11.1. The van der Waals surface area contributed by atoms with Gasteiger partial charge in [0, 0.05) is 5.92 Å².